The van der Waals surface area contributed by atoms with Crippen LogP contribution in [0.15, 0.2) is 22.7 Å². The first-order valence-corrected chi connectivity index (χ1v) is 7.49. The van der Waals surface area contributed by atoms with E-state index in [1.807, 2.05) is 12.1 Å². The molecule has 1 aliphatic carbocycles. The molecule has 94 valence electrons. The van der Waals surface area contributed by atoms with Crippen LogP contribution in [0.1, 0.15) is 38.2 Å². The van der Waals surface area contributed by atoms with E-state index in [9.17, 15) is 0 Å². The smallest absolute Gasteiger partial charge is 0.0551 e. The number of rotatable bonds is 3. The lowest BCUT2D eigenvalue weighted by Crippen LogP contribution is -2.33. The zero-order valence-electron chi connectivity index (χ0n) is 10.2. The SMILES string of the molecule is CC1CCCC(NCc2ccc(Br)c(Cl)c2)C1. The van der Waals surface area contributed by atoms with Crippen LogP contribution in [0.25, 0.3) is 0 Å². The molecule has 1 aromatic carbocycles. The summed E-state index contributed by atoms with van der Waals surface area (Å²) in [5.41, 5.74) is 1.26. The van der Waals surface area contributed by atoms with E-state index in [2.05, 4.69) is 34.2 Å². The molecule has 17 heavy (non-hydrogen) atoms. The lowest BCUT2D eigenvalue weighted by atomic mass is 9.87. The van der Waals surface area contributed by atoms with Gasteiger partial charge in [-0.1, -0.05) is 37.4 Å². The monoisotopic (exact) mass is 315 g/mol. The van der Waals surface area contributed by atoms with E-state index in [1.165, 1.54) is 31.2 Å². The molecule has 0 aliphatic heterocycles. The van der Waals surface area contributed by atoms with Gasteiger partial charge in [0.05, 0.1) is 5.02 Å². The summed E-state index contributed by atoms with van der Waals surface area (Å²) in [6.45, 7) is 3.27. The molecule has 3 heteroatoms. The van der Waals surface area contributed by atoms with E-state index in [4.69, 9.17) is 11.6 Å². The highest BCUT2D eigenvalue weighted by molar-refractivity contribution is 9.10. The quantitative estimate of drug-likeness (QED) is 0.847. The van der Waals surface area contributed by atoms with Crippen molar-refractivity contribution in [1.82, 2.24) is 5.32 Å². The van der Waals surface area contributed by atoms with Gasteiger partial charge in [0.15, 0.2) is 0 Å². The Kier molecular flexibility index (Phi) is 4.89. The number of hydrogen-bond acceptors (Lipinski definition) is 1. The molecule has 0 aromatic heterocycles. The van der Waals surface area contributed by atoms with Crippen molar-refractivity contribution >= 4 is 27.5 Å². The molecular formula is C14H19BrClN. The first-order chi connectivity index (χ1) is 8.15. The Labute approximate surface area is 117 Å². The Hall–Kier alpha value is -0.0500. The molecule has 1 N–H and O–H groups in total. The Balaban J connectivity index is 1.86. The largest absolute Gasteiger partial charge is 0.310 e. The molecular weight excluding hydrogens is 298 g/mol. The summed E-state index contributed by atoms with van der Waals surface area (Å²) in [5.74, 6) is 0.870. The standard InChI is InChI=1S/C14H19BrClN/c1-10-3-2-4-12(7-10)17-9-11-5-6-13(15)14(16)8-11/h5-6,8,10,12,17H,2-4,7,9H2,1H3. The summed E-state index contributed by atoms with van der Waals surface area (Å²) < 4.78 is 0.967. The van der Waals surface area contributed by atoms with Crippen LogP contribution in [0, 0.1) is 5.92 Å². The van der Waals surface area contributed by atoms with Gasteiger partial charge in [0.25, 0.3) is 0 Å². The Morgan fingerprint density at radius 3 is 2.94 bits per heavy atom. The molecule has 2 rings (SSSR count). The second kappa shape index (κ2) is 6.21. The van der Waals surface area contributed by atoms with Gasteiger partial charge in [-0.2, -0.15) is 0 Å². The summed E-state index contributed by atoms with van der Waals surface area (Å²) in [7, 11) is 0. The van der Waals surface area contributed by atoms with Gasteiger partial charge in [-0.15, -0.1) is 0 Å². The van der Waals surface area contributed by atoms with Gasteiger partial charge in [0, 0.05) is 17.1 Å². The molecule has 2 unspecified atom stereocenters. The molecule has 1 fully saturated rings. The van der Waals surface area contributed by atoms with Crippen molar-refractivity contribution in [2.24, 2.45) is 5.92 Å². The fraction of sp³-hybridized carbons (Fsp3) is 0.571. The molecule has 1 saturated carbocycles. The lowest BCUT2D eigenvalue weighted by Gasteiger charge is -2.27. The van der Waals surface area contributed by atoms with Gasteiger partial charge >= 0.3 is 0 Å². The minimum atomic E-state index is 0.682. The predicted molar refractivity (Wildman–Crippen MR) is 77.4 cm³/mol. The van der Waals surface area contributed by atoms with E-state index in [0.717, 1.165) is 22.0 Å². The average molecular weight is 317 g/mol. The van der Waals surface area contributed by atoms with Gasteiger partial charge < -0.3 is 5.32 Å². The summed E-state index contributed by atoms with van der Waals surface area (Å²) in [6.07, 6.45) is 5.38. The summed E-state index contributed by atoms with van der Waals surface area (Å²) in [5, 5.41) is 4.43. The lowest BCUT2D eigenvalue weighted by molar-refractivity contribution is 0.300. The molecule has 1 aromatic rings. The van der Waals surface area contributed by atoms with Crippen LogP contribution in [0.2, 0.25) is 5.02 Å². The molecule has 0 radical (unpaired) electrons. The minimum Gasteiger partial charge on any atom is -0.310 e. The zero-order valence-corrected chi connectivity index (χ0v) is 12.5. The molecule has 0 amide bonds. The van der Waals surface area contributed by atoms with Crippen molar-refractivity contribution in [3.8, 4) is 0 Å². The van der Waals surface area contributed by atoms with Crippen molar-refractivity contribution in [3.05, 3.63) is 33.3 Å². The summed E-state index contributed by atoms with van der Waals surface area (Å²) in [4.78, 5) is 0. The predicted octanol–water partition coefficient (Wildman–Crippen LogP) is 4.77. The second-order valence-corrected chi connectivity index (χ2v) is 6.36. The molecule has 0 saturated heterocycles. The summed E-state index contributed by atoms with van der Waals surface area (Å²) >= 11 is 9.50. The normalized spacial score (nSPS) is 24.9. The van der Waals surface area contributed by atoms with Gasteiger partial charge in [0.2, 0.25) is 0 Å². The van der Waals surface area contributed by atoms with E-state index in [-0.39, 0.29) is 0 Å². The zero-order chi connectivity index (χ0) is 12.3. The Morgan fingerprint density at radius 2 is 2.24 bits per heavy atom. The van der Waals surface area contributed by atoms with Gasteiger partial charge in [0.1, 0.15) is 0 Å². The number of nitrogens with one attached hydrogen (secondary N) is 1. The summed E-state index contributed by atoms with van der Waals surface area (Å²) in [6, 6.07) is 6.85. The Bertz CT molecular complexity index is 380. The third kappa shape index (κ3) is 3.97. The van der Waals surface area contributed by atoms with Crippen molar-refractivity contribution in [2.75, 3.05) is 0 Å². The first-order valence-electron chi connectivity index (χ1n) is 6.32. The highest BCUT2D eigenvalue weighted by Gasteiger charge is 2.17. The van der Waals surface area contributed by atoms with Crippen molar-refractivity contribution in [3.63, 3.8) is 0 Å². The van der Waals surface area contributed by atoms with Crippen LogP contribution in [0.5, 0.6) is 0 Å². The second-order valence-electron chi connectivity index (χ2n) is 5.10. The van der Waals surface area contributed by atoms with Gasteiger partial charge in [-0.25, -0.2) is 0 Å². The first kappa shape index (κ1) is 13.4. The maximum absolute atomic E-state index is 6.08. The van der Waals surface area contributed by atoms with Gasteiger partial charge in [-0.3, -0.25) is 0 Å². The van der Waals surface area contributed by atoms with Crippen LogP contribution in [0.3, 0.4) is 0 Å². The molecule has 0 bridgehead atoms. The highest BCUT2D eigenvalue weighted by atomic mass is 79.9. The highest BCUT2D eigenvalue weighted by Crippen LogP contribution is 2.25. The number of halogens is 2. The van der Waals surface area contributed by atoms with Crippen LogP contribution in [-0.4, -0.2) is 6.04 Å². The third-order valence-electron chi connectivity index (χ3n) is 3.52. The molecule has 0 heterocycles. The Morgan fingerprint density at radius 1 is 1.41 bits per heavy atom. The molecule has 1 nitrogen and oxygen atoms in total. The maximum atomic E-state index is 6.08. The van der Waals surface area contributed by atoms with Crippen LogP contribution in [-0.2, 0) is 6.54 Å². The number of hydrogen-bond donors (Lipinski definition) is 1. The average Bonchev–Trinajstić information content (AvgIpc) is 2.31. The minimum absolute atomic E-state index is 0.682. The van der Waals surface area contributed by atoms with E-state index >= 15 is 0 Å². The molecule has 1 aliphatic rings. The maximum Gasteiger partial charge on any atom is 0.0551 e. The fourth-order valence-electron chi connectivity index (χ4n) is 2.53. The topological polar surface area (TPSA) is 12.0 Å². The van der Waals surface area contributed by atoms with E-state index < -0.39 is 0 Å². The van der Waals surface area contributed by atoms with Crippen LogP contribution >= 0.6 is 27.5 Å². The molecule has 2 atom stereocenters. The van der Waals surface area contributed by atoms with E-state index in [1.54, 1.807) is 0 Å². The van der Waals surface area contributed by atoms with Gasteiger partial charge in [-0.05, 0) is 52.4 Å². The van der Waals surface area contributed by atoms with Crippen LogP contribution < -0.4 is 5.32 Å². The fourth-order valence-corrected chi connectivity index (χ4v) is 2.98. The van der Waals surface area contributed by atoms with E-state index in [0.29, 0.717) is 6.04 Å². The van der Waals surface area contributed by atoms with Crippen molar-refractivity contribution in [1.29, 1.82) is 0 Å². The van der Waals surface area contributed by atoms with Crippen LogP contribution in [0.4, 0.5) is 0 Å². The molecule has 0 spiro atoms. The number of benzene rings is 1. The third-order valence-corrected chi connectivity index (χ3v) is 4.75. The van der Waals surface area contributed by atoms with Crippen molar-refractivity contribution < 1.29 is 0 Å². The van der Waals surface area contributed by atoms with Crippen molar-refractivity contribution in [2.45, 2.75) is 45.2 Å².